The number of hydrogen-bond acceptors (Lipinski definition) is 1. The Morgan fingerprint density at radius 3 is 1.69 bits per heavy atom. The topological polar surface area (TPSA) is 9.23 Å². The van der Waals surface area contributed by atoms with Crippen molar-refractivity contribution in [3.63, 3.8) is 0 Å². The first-order valence-electron chi connectivity index (χ1n) is 4.55. The van der Waals surface area contributed by atoms with E-state index in [0.29, 0.717) is 0 Å². The maximum atomic E-state index is 5.81. The van der Waals surface area contributed by atoms with E-state index in [9.17, 15) is 0 Å². The van der Waals surface area contributed by atoms with Crippen LogP contribution in [0.5, 0.6) is 0 Å². The smallest absolute Gasteiger partial charge is 0.105 e. The van der Waals surface area contributed by atoms with Crippen LogP contribution in [0.4, 0.5) is 0 Å². The fourth-order valence-corrected chi connectivity index (χ4v) is 1.26. The second kappa shape index (κ2) is 8.46. The summed E-state index contributed by atoms with van der Waals surface area (Å²) in [5, 5.41) is 1.44. The minimum atomic E-state index is 0.722. The van der Waals surface area contributed by atoms with Gasteiger partial charge >= 0.3 is 0 Å². The summed E-state index contributed by atoms with van der Waals surface area (Å²) in [6, 6.07) is 0. The van der Waals surface area contributed by atoms with Gasteiger partial charge in [0.15, 0.2) is 0 Å². The summed E-state index contributed by atoms with van der Waals surface area (Å²) in [5.74, 6) is 0. The third kappa shape index (κ3) is 8.20. The molecule has 0 aliphatic heterocycles. The molecular weight excluding hydrogens is 207 g/mol. The van der Waals surface area contributed by atoms with Crippen molar-refractivity contribution < 1.29 is 4.74 Å². The lowest BCUT2D eigenvalue weighted by Crippen LogP contribution is -1.76. The van der Waals surface area contributed by atoms with Crippen molar-refractivity contribution in [2.24, 2.45) is 0 Å². The molecule has 13 heavy (non-hydrogen) atoms. The summed E-state index contributed by atoms with van der Waals surface area (Å²) < 4.78 is 5.07. The van der Waals surface area contributed by atoms with Gasteiger partial charge < -0.3 is 4.74 Å². The molecule has 0 atom stereocenters. The number of rotatable bonds is 6. The summed E-state index contributed by atoms with van der Waals surface area (Å²) in [6.45, 7) is 4.13. The van der Waals surface area contributed by atoms with Crippen LogP contribution in [-0.4, -0.2) is 0 Å². The molecule has 0 spiro atoms. The van der Waals surface area contributed by atoms with Crippen molar-refractivity contribution in [1.82, 2.24) is 0 Å². The molecule has 0 saturated carbocycles. The van der Waals surface area contributed by atoms with Crippen LogP contribution in [0.1, 0.15) is 39.5 Å². The van der Waals surface area contributed by atoms with E-state index < -0.39 is 0 Å². The van der Waals surface area contributed by atoms with Crippen LogP contribution < -0.4 is 0 Å². The molecule has 0 unspecified atom stereocenters. The highest BCUT2D eigenvalue weighted by atomic mass is 35.5. The van der Waals surface area contributed by atoms with Crippen molar-refractivity contribution in [1.29, 1.82) is 0 Å². The Kier molecular flexibility index (Phi) is 8.37. The zero-order valence-electron chi connectivity index (χ0n) is 8.15. The van der Waals surface area contributed by atoms with E-state index in [1.54, 1.807) is 0 Å². The monoisotopic (exact) mass is 222 g/mol. The second-order valence-corrected chi connectivity index (χ2v) is 3.74. The average Bonchev–Trinajstić information content (AvgIpc) is 2.05. The third-order valence-corrected chi connectivity index (χ3v) is 1.93. The maximum Gasteiger partial charge on any atom is 0.105 e. The Labute approximate surface area is 90.4 Å². The van der Waals surface area contributed by atoms with E-state index >= 15 is 0 Å². The van der Waals surface area contributed by atoms with Crippen LogP contribution >= 0.6 is 23.2 Å². The van der Waals surface area contributed by atoms with Crippen molar-refractivity contribution in [3.05, 3.63) is 22.6 Å². The summed E-state index contributed by atoms with van der Waals surface area (Å²) in [4.78, 5) is 0. The van der Waals surface area contributed by atoms with Crippen LogP contribution in [0, 0.1) is 0 Å². The minimum Gasteiger partial charge on any atom is -0.470 e. The zero-order valence-corrected chi connectivity index (χ0v) is 9.66. The summed E-state index contributed by atoms with van der Waals surface area (Å²) in [7, 11) is 0. The van der Waals surface area contributed by atoms with Gasteiger partial charge in [-0.2, -0.15) is 0 Å². The van der Waals surface area contributed by atoms with Gasteiger partial charge in [0.05, 0.1) is 10.1 Å². The predicted molar refractivity (Wildman–Crippen MR) is 58.8 cm³/mol. The molecule has 0 bridgehead atoms. The fraction of sp³-hybridized carbons (Fsp3) is 0.600. The van der Waals surface area contributed by atoms with Gasteiger partial charge in [0.2, 0.25) is 0 Å². The molecule has 3 heteroatoms. The molecule has 0 saturated heterocycles. The van der Waals surface area contributed by atoms with Crippen LogP contribution in [0.15, 0.2) is 22.6 Å². The van der Waals surface area contributed by atoms with Crippen LogP contribution in [0.3, 0.4) is 0 Å². The van der Waals surface area contributed by atoms with Crippen LogP contribution in [-0.2, 0) is 4.74 Å². The molecule has 0 radical (unpaired) electrons. The SMILES string of the molecule is CCCC(Cl)=COC=C(Cl)CCC. The molecule has 0 aliphatic rings. The molecule has 0 aromatic carbocycles. The Morgan fingerprint density at radius 2 is 1.38 bits per heavy atom. The lowest BCUT2D eigenvalue weighted by atomic mass is 10.3. The quantitative estimate of drug-likeness (QED) is 0.589. The standard InChI is InChI=1S/C10H16Cl2O/c1-3-5-9(11)7-13-8-10(12)6-4-2/h7-8H,3-6H2,1-2H3. The zero-order chi connectivity index (χ0) is 10.1. The molecular formula is C10H16Cl2O. The first-order chi connectivity index (χ1) is 6.20. The van der Waals surface area contributed by atoms with Crippen molar-refractivity contribution in [3.8, 4) is 0 Å². The van der Waals surface area contributed by atoms with Crippen molar-refractivity contribution in [2.75, 3.05) is 0 Å². The predicted octanol–water partition coefficient (Wildman–Crippen LogP) is 4.76. The summed E-state index contributed by atoms with van der Waals surface area (Å²) in [6.07, 6.45) is 6.80. The van der Waals surface area contributed by atoms with E-state index in [4.69, 9.17) is 27.9 Å². The van der Waals surface area contributed by atoms with E-state index in [1.165, 1.54) is 12.5 Å². The van der Waals surface area contributed by atoms with Crippen molar-refractivity contribution >= 4 is 23.2 Å². The number of ether oxygens (including phenoxy) is 1. The molecule has 0 aliphatic carbocycles. The van der Waals surface area contributed by atoms with E-state index in [0.717, 1.165) is 35.7 Å². The summed E-state index contributed by atoms with van der Waals surface area (Å²) in [5.41, 5.74) is 0. The average molecular weight is 223 g/mol. The van der Waals surface area contributed by atoms with Gasteiger partial charge in [-0.1, -0.05) is 49.9 Å². The van der Waals surface area contributed by atoms with Gasteiger partial charge in [0, 0.05) is 0 Å². The number of hydrogen-bond donors (Lipinski definition) is 0. The maximum absolute atomic E-state index is 5.81. The molecule has 0 amide bonds. The first kappa shape index (κ1) is 12.9. The van der Waals surface area contributed by atoms with E-state index in [-0.39, 0.29) is 0 Å². The number of halogens is 2. The molecule has 0 N–H and O–H groups in total. The van der Waals surface area contributed by atoms with E-state index in [1.807, 2.05) is 0 Å². The summed E-state index contributed by atoms with van der Waals surface area (Å²) >= 11 is 11.6. The molecule has 76 valence electrons. The highest BCUT2D eigenvalue weighted by Crippen LogP contribution is 2.12. The lowest BCUT2D eigenvalue weighted by molar-refractivity contribution is 0.395. The van der Waals surface area contributed by atoms with Gasteiger partial charge in [-0.15, -0.1) is 0 Å². The fourth-order valence-electron chi connectivity index (χ4n) is 0.777. The van der Waals surface area contributed by atoms with Crippen LogP contribution in [0.25, 0.3) is 0 Å². The first-order valence-corrected chi connectivity index (χ1v) is 5.30. The Morgan fingerprint density at radius 1 is 1.00 bits per heavy atom. The molecule has 0 rings (SSSR count). The van der Waals surface area contributed by atoms with Gasteiger partial charge in [-0.05, 0) is 12.8 Å². The van der Waals surface area contributed by atoms with Gasteiger partial charge in [-0.3, -0.25) is 0 Å². The molecule has 0 fully saturated rings. The number of allylic oxidation sites excluding steroid dienone is 2. The second-order valence-electron chi connectivity index (χ2n) is 2.77. The Bertz CT molecular complexity index is 165. The van der Waals surface area contributed by atoms with E-state index in [2.05, 4.69) is 13.8 Å². The molecule has 0 aromatic heterocycles. The normalized spacial score (nSPS) is 13.2. The highest BCUT2D eigenvalue weighted by molar-refractivity contribution is 6.29. The van der Waals surface area contributed by atoms with Gasteiger partial charge in [-0.25, -0.2) is 0 Å². The largest absolute Gasteiger partial charge is 0.470 e. The van der Waals surface area contributed by atoms with Gasteiger partial charge in [0.25, 0.3) is 0 Å². The van der Waals surface area contributed by atoms with Crippen molar-refractivity contribution in [2.45, 2.75) is 39.5 Å². The molecule has 0 aromatic rings. The lowest BCUT2D eigenvalue weighted by Gasteiger charge is -1.97. The molecule has 0 heterocycles. The minimum absolute atomic E-state index is 0.722. The third-order valence-electron chi connectivity index (χ3n) is 1.37. The van der Waals surface area contributed by atoms with Gasteiger partial charge in [0.1, 0.15) is 12.5 Å². The Hall–Kier alpha value is -0.140. The Balaban J connectivity index is 3.74. The highest BCUT2D eigenvalue weighted by Gasteiger charge is 1.91. The molecule has 1 nitrogen and oxygen atoms in total. The van der Waals surface area contributed by atoms with Crippen LogP contribution in [0.2, 0.25) is 0 Å².